The van der Waals surface area contributed by atoms with Gasteiger partial charge in [-0.2, -0.15) is 5.10 Å². The summed E-state index contributed by atoms with van der Waals surface area (Å²) in [5.74, 6) is -0.755. The molecule has 2 amide bonds. The molecule has 27 heavy (non-hydrogen) atoms. The van der Waals surface area contributed by atoms with Crippen molar-refractivity contribution in [3.05, 3.63) is 69.1 Å². The summed E-state index contributed by atoms with van der Waals surface area (Å²) in [5, 5.41) is 7.30. The third kappa shape index (κ3) is 4.24. The lowest BCUT2D eigenvalue weighted by Crippen LogP contribution is -2.44. The lowest BCUT2D eigenvalue weighted by atomic mass is 10.1. The zero-order chi connectivity index (χ0) is 19.4. The minimum atomic E-state index is -0.668. The number of benzene rings is 2. The predicted octanol–water partition coefficient (Wildman–Crippen LogP) is 1.72. The quantitative estimate of drug-likeness (QED) is 0.591. The number of hydrogen-bond donors (Lipinski definition) is 3. The monoisotopic (exact) mass is 386 g/mol. The average Bonchev–Trinajstić information content (AvgIpc) is 2.67. The third-order valence-electron chi connectivity index (χ3n) is 3.73. The van der Waals surface area contributed by atoms with Gasteiger partial charge in [-0.05, 0) is 36.8 Å². The van der Waals surface area contributed by atoms with Crippen LogP contribution in [0.5, 0.6) is 5.75 Å². The van der Waals surface area contributed by atoms with Gasteiger partial charge in [-0.15, -0.1) is 0 Å². The Morgan fingerprint density at radius 2 is 1.89 bits per heavy atom. The molecule has 0 unspecified atom stereocenters. The van der Waals surface area contributed by atoms with Gasteiger partial charge in [0.15, 0.2) is 12.3 Å². The van der Waals surface area contributed by atoms with Crippen molar-refractivity contribution in [1.82, 2.24) is 21.0 Å². The van der Waals surface area contributed by atoms with E-state index in [0.29, 0.717) is 21.5 Å². The van der Waals surface area contributed by atoms with E-state index in [0.717, 1.165) is 5.56 Å². The minimum absolute atomic E-state index is 0.0141. The lowest BCUT2D eigenvalue weighted by Gasteiger charge is -2.10. The number of rotatable bonds is 4. The fourth-order valence-corrected chi connectivity index (χ4v) is 2.48. The van der Waals surface area contributed by atoms with Crippen molar-refractivity contribution in [3.8, 4) is 5.75 Å². The van der Waals surface area contributed by atoms with Crippen LogP contribution < -0.4 is 21.1 Å². The van der Waals surface area contributed by atoms with Crippen molar-refractivity contribution < 1.29 is 14.3 Å². The molecule has 1 heterocycles. The number of ether oxygens (including phenoxy) is 1. The smallest absolute Gasteiger partial charge is 0.290 e. The Balaban J connectivity index is 1.60. The Kier molecular flexibility index (Phi) is 5.37. The van der Waals surface area contributed by atoms with E-state index < -0.39 is 17.4 Å². The van der Waals surface area contributed by atoms with Crippen LogP contribution in [0.4, 0.5) is 0 Å². The van der Waals surface area contributed by atoms with Gasteiger partial charge in [-0.3, -0.25) is 25.2 Å². The molecule has 0 aliphatic carbocycles. The average molecular weight is 387 g/mol. The van der Waals surface area contributed by atoms with Gasteiger partial charge in [-0.1, -0.05) is 29.8 Å². The molecule has 0 atom stereocenters. The second-order valence-electron chi connectivity index (χ2n) is 5.65. The fourth-order valence-electron chi connectivity index (χ4n) is 2.37. The van der Waals surface area contributed by atoms with E-state index >= 15 is 0 Å². The number of aromatic amines is 1. The molecule has 0 saturated carbocycles. The fraction of sp³-hybridized carbons (Fsp3) is 0.111. The molecule has 1 aromatic heterocycles. The standard InChI is InChI=1S/C18H15ClN4O4/c1-10-8-11(6-7-14(10)19)27-9-15(24)20-23-18(26)16-12-4-2-3-5-13(12)17(25)22-21-16/h2-8H,9H2,1H3,(H,20,24)(H,22,25)(H,23,26). The molecule has 0 aliphatic rings. The first kappa shape index (κ1) is 18.4. The molecule has 3 N–H and O–H groups in total. The number of amides is 2. The third-order valence-corrected chi connectivity index (χ3v) is 4.15. The van der Waals surface area contributed by atoms with Crippen molar-refractivity contribution in [2.24, 2.45) is 0 Å². The van der Waals surface area contributed by atoms with Crippen LogP contribution in [0.15, 0.2) is 47.3 Å². The number of hydrazine groups is 1. The molecule has 0 spiro atoms. The van der Waals surface area contributed by atoms with Crippen LogP contribution in [0, 0.1) is 6.92 Å². The summed E-state index contributed by atoms with van der Waals surface area (Å²) < 4.78 is 5.34. The normalized spacial score (nSPS) is 10.4. The molecular formula is C18H15ClN4O4. The van der Waals surface area contributed by atoms with Crippen molar-refractivity contribution in [2.75, 3.05) is 6.61 Å². The van der Waals surface area contributed by atoms with Crippen LogP contribution in [0.2, 0.25) is 5.02 Å². The van der Waals surface area contributed by atoms with E-state index in [1.165, 1.54) is 0 Å². The van der Waals surface area contributed by atoms with Crippen molar-refractivity contribution in [1.29, 1.82) is 0 Å². The van der Waals surface area contributed by atoms with Gasteiger partial charge in [0.25, 0.3) is 17.4 Å². The van der Waals surface area contributed by atoms with Gasteiger partial charge in [0.05, 0.1) is 5.39 Å². The van der Waals surface area contributed by atoms with Crippen LogP contribution in [-0.4, -0.2) is 28.6 Å². The number of halogens is 1. The molecule has 2 aromatic carbocycles. The van der Waals surface area contributed by atoms with E-state index in [9.17, 15) is 14.4 Å². The molecule has 0 fully saturated rings. The highest BCUT2D eigenvalue weighted by Gasteiger charge is 2.14. The van der Waals surface area contributed by atoms with E-state index in [1.807, 2.05) is 6.92 Å². The lowest BCUT2D eigenvalue weighted by molar-refractivity contribution is -0.123. The van der Waals surface area contributed by atoms with Crippen molar-refractivity contribution in [3.63, 3.8) is 0 Å². The summed E-state index contributed by atoms with van der Waals surface area (Å²) in [6.45, 7) is 1.51. The molecule has 3 aromatic rings. The number of carbonyl (C=O) groups is 2. The van der Waals surface area contributed by atoms with E-state index in [4.69, 9.17) is 16.3 Å². The van der Waals surface area contributed by atoms with Gasteiger partial charge in [0.1, 0.15) is 5.75 Å². The summed E-state index contributed by atoms with van der Waals surface area (Å²) in [6, 6.07) is 11.5. The second-order valence-corrected chi connectivity index (χ2v) is 6.06. The highest BCUT2D eigenvalue weighted by Crippen LogP contribution is 2.20. The summed E-state index contributed by atoms with van der Waals surface area (Å²) in [7, 11) is 0. The second kappa shape index (κ2) is 7.88. The van der Waals surface area contributed by atoms with Gasteiger partial charge in [0, 0.05) is 10.4 Å². The Morgan fingerprint density at radius 1 is 1.15 bits per heavy atom. The predicted molar refractivity (Wildman–Crippen MR) is 99.7 cm³/mol. The number of aromatic nitrogens is 2. The first-order chi connectivity index (χ1) is 13.0. The maximum Gasteiger partial charge on any atom is 0.290 e. The summed E-state index contributed by atoms with van der Waals surface area (Å²) in [6.07, 6.45) is 0. The van der Waals surface area contributed by atoms with Gasteiger partial charge < -0.3 is 4.74 Å². The number of hydrogen-bond acceptors (Lipinski definition) is 5. The number of nitrogens with zero attached hydrogens (tertiary/aromatic N) is 1. The van der Waals surface area contributed by atoms with Gasteiger partial charge in [-0.25, -0.2) is 5.10 Å². The molecule has 8 nitrogen and oxygen atoms in total. The number of fused-ring (bicyclic) bond motifs is 1. The molecule has 3 rings (SSSR count). The van der Waals surface area contributed by atoms with Gasteiger partial charge >= 0.3 is 0 Å². The molecule has 0 saturated heterocycles. The Hall–Kier alpha value is -3.39. The van der Waals surface area contributed by atoms with Gasteiger partial charge in [0.2, 0.25) is 0 Å². The first-order valence-corrected chi connectivity index (χ1v) is 8.29. The highest BCUT2D eigenvalue weighted by molar-refractivity contribution is 6.31. The summed E-state index contributed by atoms with van der Waals surface area (Å²) >= 11 is 5.93. The largest absolute Gasteiger partial charge is 0.484 e. The Morgan fingerprint density at radius 3 is 2.63 bits per heavy atom. The van der Waals surface area contributed by atoms with E-state index in [-0.39, 0.29) is 12.3 Å². The van der Waals surface area contributed by atoms with Crippen LogP contribution in [0.1, 0.15) is 16.1 Å². The topological polar surface area (TPSA) is 113 Å². The molecular weight excluding hydrogens is 372 g/mol. The zero-order valence-corrected chi connectivity index (χ0v) is 15.0. The number of aryl methyl sites for hydroxylation is 1. The SMILES string of the molecule is Cc1cc(OCC(=O)NNC(=O)c2n[nH]c(=O)c3ccccc23)ccc1Cl. The Labute approximate surface area is 158 Å². The number of H-pyrrole nitrogens is 1. The molecule has 0 bridgehead atoms. The van der Waals surface area contributed by atoms with E-state index in [1.54, 1.807) is 42.5 Å². The number of carbonyl (C=O) groups excluding carboxylic acids is 2. The maximum absolute atomic E-state index is 12.3. The van der Waals surface area contributed by atoms with Crippen LogP contribution in [-0.2, 0) is 4.79 Å². The molecule has 0 aliphatic heterocycles. The van der Waals surface area contributed by atoms with E-state index in [2.05, 4.69) is 21.0 Å². The highest BCUT2D eigenvalue weighted by atomic mass is 35.5. The number of nitrogens with one attached hydrogen (secondary N) is 3. The molecule has 0 radical (unpaired) electrons. The minimum Gasteiger partial charge on any atom is -0.484 e. The summed E-state index contributed by atoms with van der Waals surface area (Å²) in [5.41, 5.74) is 4.88. The Bertz CT molecular complexity index is 1080. The maximum atomic E-state index is 12.3. The van der Waals surface area contributed by atoms with Crippen LogP contribution in [0.25, 0.3) is 10.8 Å². The molecule has 138 valence electrons. The first-order valence-electron chi connectivity index (χ1n) is 7.91. The van der Waals surface area contributed by atoms with Crippen molar-refractivity contribution in [2.45, 2.75) is 6.92 Å². The van der Waals surface area contributed by atoms with Crippen LogP contribution in [0.3, 0.4) is 0 Å². The zero-order valence-electron chi connectivity index (χ0n) is 14.2. The van der Waals surface area contributed by atoms with Crippen molar-refractivity contribution >= 4 is 34.2 Å². The van der Waals surface area contributed by atoms with Crippen LogP contribution >= 0.6 is 11.6 Å². The summed E-state index contributed by atoms with van der Waals surface area (Å²) in [4.78, 5) is 35.9. The molecule has 9 heteroatoms.